The fourth-order valence-electron chi connectivity index (χ4n) is 3.57. The second kappa shape index (κ2) is 8.37. The minimum absolute atomic E-state index is 0.140. The summed E-state index contributed by atoms with van der Waals surface area (Å²) >= 11 is 6.11. The molecule has 0 fully saturated rings. The number of benzene rings is 3. The van der Waals surface area contributed by atoms with Crippen LogP contribution < -0.4 is 16.8 Å². The number of hydrogen-bond donors (Lipinski definition) is 3. The van der Waals surface area contributed by atoms with Crippen molar-refractivity contribution >= 4 is 45.6 Å². The van der Waals surface area contributed by atoms with Crippen LogP contribution in [0, 0.1) is 5.82 Å². The molecule has 0 aliphatic heterocycles. The summed E-state index contributed by atoms with van der Waals surface area (Å²) in [4.78, 5) is 13.3. The van der Waals surface area contributed by atoms with Crippen LogP contribution >= 0.6 is 11.6 Å². The molecule has 0 saturated carbocycles. The van der Waals surface area contributed by atoms with Gasteiger partial charge in [-0.2, -0.15) is 4.98 Å². The van der Waals surface area contributed by atoms with Gasteiger partial charge in [-0.05, 0) is 60.7 Å². The number of nitrogens with one attached hydrogen (secondary N) is 1. The van der Waals surface area contributed by atoms with E-state index in [4.69, 9.17) is 23.1 Å². The maximum atomic E-state index is 13.2. The van der Waals surface area contributed by atoms with Crippen molar-refractivity contribution in [2.24, 2.45) is 0 Å². The molecule has 6 nitrogen and oxygen atoms in total. The molecule has 8 heteroatoms. The van der Waals surface area contributed by atoms with E-state index in [2.05, 4.69) is 20.3 Å². The van der Waals surface area contributed by atoms with Crippen molar-refractivity contribution < 1.29 is 4.39 Å². The monoisotopic (exact) mass is 456 g/mol. The Bertz CT molecular complexity index is 1490. The van der Waals surface area contributed by atoms with Crippen molar-refractivity contribution in [1.29, 1.82) is 0 Å². The van der Waals surface area contributed by atoms with Crippen molar-refractivity contribution in [1.82, 2.24) is 15.0 Å². The highest BCUT2D eigenvalue weighted by atomic mass is 35.5. The van der Waals surface area contributed by atoms with E-state index in [1.54, 1.807) is 30.3 Å². The fourth-order valence-corrected chi connectivity index (χ4v) is 3.76. The number of pyridine rings is 1. The molecule has 0 radical (unpaired) electrons. The first-order chi connectivity index (χ1) is 15.9. The van der Waals surface area contributed by atoms with Crippen LogP contribution in [-0.4, -0.2) is 15.0 Å². The van der Waals surface area contributed by atoms with Crippen molar-refractivity contribution in [3.63, 3.8) is 0 Å². The number of anilines is 4. The lowest BCUT2D eigenvalue weighted by atomic mass is 10.1. The van der Waals surface area contributed by atoms with E-state index in [1.165, 1.54) is 12.1 Å². The van der Waals surface area contributed by atoms with Gasteiger partial charge in [-0.15, -0.1) is 0 Å². The van der Waals surface area contributed by atoms with Gasteiger partial charge in [0.05, 0.1) is 16.9 Å². The number of fused-ring (bicyclic) bond motifs is 1. The maximum Gasteiger partial charge on any atom is 0.222 e. The van der Waals surface area contributed by atoms with E-state index < -0.39 is 0 Å². The SMILES string of the molecule is Nc1nc(Nc2ccc3nc(-c4ccc(F)cc4)cc(N)c3c2)cc(-c2cccc(Cl)c2)n1. The van der Waals surface area contributed by atoms with E-state index in [0.29, 0.717) is 27.9 Å². The first-order valence-electron chi connectivity index (χ1n) is 10.1. The molecule has 0 spiro atoms. The van der Waals surface area contributed by atoms with Crippen molar-refractivity contribution in [3.05, 3.63) is 89.7 Å². The molecule has 0 bridgehead atoms. The third kappa shape index (κ3) is 4.40. The normalized spacial score (nSPS) is 11.0. The predicted octanol–water partition coefficient (Wildman–Crippen LogP) is 6.06. The quantitative estimate of drug-likeness (QED) is 0.304. The first kappa shape index (κ1) is 20.7. The number of nitrogen functional groups attached to an aromatic ring is 2. The van der Waals surface area contributed by atoms with Crippen LogP contribution in [0.2, 0.25) is 5.02 Å². The molecule has 5 rings (SSSR count). The minimum Gasteiger partial charge on any atom is -0.398 e. The van der Waals surface area contributed by atoms with Gasteiger partial charge in [0, 0.05) is 39.0 Å². The third-order valence-corrected chi connectivity index (χ3v) is 5.35. The summed E-state index contributed by atoms with van der Waals surface area (Å²) in [5.41, 5.74) is 17.3. The predicted molar refractivity (Wildman–Crippen MR) is 132 cm³/mol. The Morgan fingerprint density at radius 2 is 1.55 bits per heavy atom. The summed E-state index contributed by atoms with van der Waals surface area (Å²) in [6.45, 7) is 0. The lowest BCUT2D eigenvalue weighted by molar-refractivity contribution is 0.628. The van der Waals surface area contributed by atoms with Gasteiger partial charge in [0.1, 0.15) is 11.6 Å². The second-order valence-corrected chi connectivity index (χ2v) is 7.90. The number of nitrogens with two attached hydrogens (primary N) is 2. The molecule has 33 heavy (non-hydrogen) atoms. The zero-order valence-corrected chi connectivity index (χ0v) is 18.0. The van der Waals surface area contributed by atoms with Gasteiger partial charge >= 0.3 is 0 Å². The lowest BCUT2D eigenvalue weighted by Gasteiger charge is -2.11. The van der Waals surface area contributed by atoms with E-state index in [1.807, 2.05) is 36.4 Å². The molecule has 5 N–H and O–H groups in total. The third-order valence-electron chi connectivity index (χ3n) is 5.12. The largest absolute Gasteiger partial charge is 0.398 e. The Morgan fingerprint density at radius 3 is 2.33 bits per heavy atom. The van der Waals surface area contributed by atoms with Crippen LogP contribution in [-0.2, 0) is 0 Å². The van der Waals surface area contributed by atoms with Crippen LogP contribution in [0.15, 0.2) is 78.9 Å². The molecule has 3 aromatic carbocycles. The Balaban J connectivity index is 1.48. The topological polar surface area (TPSA) is 103 Å². The molecule has 2 aromatic heterocycles. The standard InChI is InChI=1S/C25H18ClFN6/c26-16-3-1-2-15(10-16)23-13-24(33-25(29)32-23)30-18-8-9-21-19(11-18)20(28)12-22(31-21)14-4-6-17(27)7-5-14/h1-13H,(H2,28,31)(H3,29,30,32,33). The van der Waals surface area contributed by atoms with E-state index in [-0.39, 0.29) is 11.8 Å². The van der Waals surface area contributed by atoms with Gasteiger partial charge < -0.3 is 16.8 Å². The van der Waals surface area contributed by atoms with Crippen molar-refractivity contribution in [3.8, 4) is 22.5 Å². The molecular formula is C25H18ClFN6. The Morgan fingerprint density at radius 1 is 0.758 bits per heavy atom. The summed E-state index contributed by atoms with van der Waals surface area (Å²) < 4.78 is 13.2. The number of halogens is 2. The number of rotatable bonds is 4. The molecule has 0 saturated heterocycles. The summed E-state index contributed by atoms with van der Waals surface area (Å²) in [5, 5.41) is 4.64. The zero-order chi connectivity index (χ0) is 22.9. The molecular weight excluding hydrogens is 439 g/mol. The van der Waals surface area contributed by atoms with Gasteiger partial charge in [0.25, 0.3) is 0 Å². The Hall–Kier alpha value is -4.23. The van der Waals surface area contributed by atoms with Crippen LogP contribution in [0.1, 0.15) is 0 Å². The molecule has 0 aliphatic carbocycles. The summed E-state index contributed by atoms with van der Waals surface area (Å²) in [7, 11) is 0. The summed E-state index contributed by atoms with van der Waals surface area (Å²) in [6.07, 6.45) is 0. The average Bonchev–Trinajstić information content (AvgIpc) is 2.79. The second-order valence-electron chi connectivity index (χ2n) is 7.47. The van der Waals surface area contributed by atoms with Gasteiger partial charge in [0.15, 0.2) is 0 Å². The first-order valence-corrected chi connectivity index (χ1v) is 10.5. The smallest absolute Gasteiger partial charge is 0.222 e. The fraction of sp³-hybridized carbons (Fsp3) is 0. The summed E-state index contributed by atoms with van der Waals surface area (Å²) in [5.74, 6) is 0.374. The van der Waals surface area contributed by atoms with Gasteiger partial charge in [0.2, 0.25) is 5.95 Å². The number of nitrogens with zero attached hydrogens (tertiary/aromatic N) is 3. The summed E-state index contributed by atoms with van der Waals surface area (Å²) in [6, 6.07) is 22.7. The molecule has 0 aliphatic rings. The van der Waals surface area contributed by atoms with Crippen molar-refractivity contribution in [2.75, 3.05) is 16.8 Å². The van der Waals surface area contributed by atoms with Gasteiger partial charge in [-0.3, -0.25) is 0 Å². The van der Waals surface area contributed by atoms with Gasteiger partial charge in [-0.1, -0.05) is 23.7 Å². The molecule has 0 amide bonds. The molecule has 162 valence electrons. The number of aromatic nitrogens is 3. The maximum absolute atomic E-state index is 13.2. The molecule has 2 heterocycles. The molecule has 0 unspecified atom stereocenters. The average molecular weight is 457 g/mol. The van der Waals surface area contributed by atoms with Crippen LogP contribution in [0.3, 0.4) is 0 Å². The minimum atomic E-state index is -0.299. The van der Waals surface area contributed by atoms with Crippen LogP contribution in [0.4, 0.5) is 27.5 Å². The van der Waals surface area contributed by atoms with E-state index >= 15 is 0 Å². The van der Waals surface area contributed by atoms with E-state index in [0.717, 1.165) is 27.7 Å². The Kier molecular flexibility index (Phi) is 5.24. The highest BCUT2D eigenvalue weighted by molar-refractivity contribution is 6.30. The highest BCUT2D eigenvalue weighted by Crippen LogP contribution is 2.30. The number of hydrogen-bond acceptors (Lipinski definition) is 6. The lowest BCUT2D eigenvalue weighted by Crippen LogP contribution is -2.02. The van der Waals surface area contributed by atoms with Crippen molar-refractivity contribution in [2.45, 2.75) is 0 Å². The van der Waals surface area contributed by atoms with E-state index in [9.17, 15) is 4.39 Å². The van der Waals surface area contributed by atoms with Crippen LogP contribution in [0.5, 0.6) is 0 Å². The van der Waals surface area contributed by atoms with Gasteiger partial charge in [-0.25, -0.2) is 14.4 Å². The molecule has 0 atom stereocenters. The highest BCUT2D eigenvalue weighted by Gasteiger charge is 2.10. The Labute approximate surface area is 194 Å². The van der Waals surface area contributed by atoms with Crippen LogP contribution in [0.25, 0.3) is 33.4 Å². The zero-order valence-electron chi connectivity index (χ0n) is 17.3. The molecule has 5 aromatic rings.